The number of aromatic nitrogens is 1. The highest BCUT2D eigenvalue weighted by Crippen LogP contribution is 2.63. The SMILES string of the molecule is CN(Cc1cccnc1)C(=O)c1ccc(C2CC3(C)[C@@H](O)CC[C@H]3[C@@H]3CCC4=CCCCC4=C23)cc1.COC.FC(F)C(F)(F)F.[HH].[HH]. The summed E-state index contributed by atoms with van der Waals surface area (Å²) in [4.78, 5) is 19.1. The second-order valence-electron chi connectivity index (χ2n) is 13.1. The minimum Gasteiger partial charge on any atom is -0.393 e. The molecule has 1 heterocycles. The van der Waals surface area contributed by atoms with Crippen molar-refractivity contribution in [3.63, 3.8) is 0 Å². The Balaban J connectivity index is 0.000000589. The first-order chi connectivity index (χ1) is 21.8. The Kier molecular flexibility index (Phi) is 11.8. The van der Waals surface area contributed by atoms with Gasteiger partial charge in [-0.2, -0.15) is 13.2 Å². The highest BCUT2D eigenvalue weighted by molar-refractivity contribution is 5.94. The fourth-order valence-corrected chi connectivity index (χ4v) is 7.95. The molecule has 256 valence electrons. The molecule has 1 amide bonds. The van der Waals surface area contributed by atoms with Crippen LogP contribution in [-0.4, -0.2) is 60.9 Å². The summed E-state index contributed by atoms with van der Waals surface area (Å²) in [5.74, 6) is 1.54. The quantitative estimate of drug-likeness (QED) is 0.335. The zero-order valence-electron chi connectivity index (χ0n) is 27.0. The number of alkyl halides is 5. The number of methoxy groups -OCH3 is 1. The second-order valence-corrected chi connectivity index (χ2v) is 13.1. The molecule has 6 rings (SSSR count). The van der Waals surface area contributed by atoms with Gasteiger partial charge in [0.05, 0.1) is 6.10 Å². The molecule has 1 aromatic heterocycles. The standard InChI is InChI=1S/C32H38N2O2.C2HF5.C2H6O.2H2/c1-32-18-27(23-9-11-24(12-10-23)31(36)34(2)20-21-6-5-17-33-19-21)30-25-8-4-3-7-22(25)13-14-26(30)28(32)15-16-29(32)35;3-1(4)2(5,6)7;1-3-2;;/h5-7,9-12,17,19,26-29,35H,3-4,8,13-16,18,20H2,1-2H3;1H;1-2H3;2*1H/t26-,27?,28-,29-,32?;;;;/m0..../s1. The van der Waals surface area contributed by atoms with Crippen molar-refractivity contribution in [2.24, 2.45) is 17.3 Å². The van der Waals surface area contributed by atoms with Gasteiger partial charge in [0.25, 0.3) is 5.91 Å². The maximum atomic E-state index is 13.2. The summed E-state index contributed by atoms with van der Waals surface area (Å²) < 4.78 is 56.4. The first-order valence-corrected chi connectivity index (χ1v) is 15.9. The van der Waals surface area contributed by atoms with Gasteiger partial charge in [0.1, 0.15) is 0 Å². The van der Waals surface area contributed by atoms with Crippen molar-refractivity contribution < 1.29 is 39.4 Å². The number of pyridine rings is 1. The Hall–Kier alpha value is -3.11. The van der Waals surface area contributed by atoms with Crippen LogP contribution in [0.1, 0.15) is 88.5 Å². The summed E-state index contributed by atoms with van der Waals surface area (Å²) >= 11 is 0. The summed E-state index contributed by atoms with van der Waals surface area (Å²) in [7, 11) is 5.10. The van der Waals surface area contributed by atoms with Gasteiger partial charge in [-0.05, 0) is 109 Å². The average molecular weight is 653 g/mol. The lowest BCUT2D eigenvalue weighted by molar-refractivity contribution is -0.219. The number of halogens is 5. The van der Waals surface area contributed by atoms with Crippen LogP contribution in [0.5, 0.6) is 0 Å². The normalized spacial score (nSPS) is 26.8. The zero-order chi connectivity index (χ0) is 33.6. The van der Waals surface area contributed by atoms with Gasteiger partial charge in [-0.15, -0.1) is 0 Å². The molecule has 46 heavy (non-hydrogen) atoms. The van der Waals surface area contributed by atoms with E-state index in [1.54, 1.807) is 42.0 Å². The summed E-state index contributed by atoms with van der Waals surface area (Å²) in [5.41, 5.74) is 7.95. The summed E-state index contributed by atoms with van der Waals surface area (Å²) in [6.45, 7) is 2.89. The van der Waals surface area contributed by atoms with Gasteiger partial charge in [-0.3, -0.25) is 9.78 Å². The third kappa shape index (κ3) is 7.88. The van der Waals surface area contributed by atoms with Gasteiger partial charge in [0.15, 0.2) is 0 Å². The molecule has 4 aliphatic rings. The van der Waals surface area contributed by atoms with E-state index in [-0.39, 0.29) is 20.3 Å². The molecule has 5 atom stereocenters. The Bertz CT molecular complexity index is 1390. The molecule has 10 heteroatoms. The second kappa shape index (κ2) is 15.2. The van der Waals surface area contributed by atoms with Crippen molar-refractivity contribution in [1.29, 1.82) is 0 Å². The Morgan fingerprint density at radius 3 is 2.41 bits per heavy atom. The number of carbonyl (C=O) groups excluding carboxylic acids is 1. The van der Waals surface area contributed by atoms with Crippen molar-refractivity contribution >= 4 is 5.91 Å². The van der Waals surface area contributed by atoms with Crippen LogP contribution in [0.15, 0.2) is 71.6 Å². The predicted octanol–water partition coefficient (Wildman–Crippen LogP) is 9.00. The number of rotatable bonds is 4. The van der Waals surface area contributed by atoms with E-state index in [9.17, 15) is 31.9 Å². The number of amides is 1. The van der Waals surface area contributed by atoms with Crippen LogP contribution >= 0.6 is 0 Å². The Morgan fingerprint density at radius 1 is 1.13 bits per heavy atom. The zero-order valence-corrected chi connectivity index (χ0v) is 27.0. The van der Waals surface area contributed by atoms with Gasteiger partial charge in [-0.1, -0.05) is 36.8 Å². The van der Waals surface area contributed by atoms with E-state index in [0.29, 0.717) is 24.3 Å². The van der Waals surface area contributed by atoms with E-state index >= 15 is 0 Å². The monoisotopic (exact) mass is 652 g/mol. The Morgan fingerprint density at radius 2 is 1.80 bits per heavy atom. The molecule has 0 saturated heterocycles. The maximum absolute atomic E-state index is 13.2. The third-order valence-electron chi connectivity index (χ3n) is 10.0. The fraction of sp³-hybridized carbons (Fsp3) is 0.556. The summed E-state index contributed by atoms with van der Waals surface area (Å²) in [5, 5.41) is 11.1. The van der Waals surface area contributed by atoms with Crippen LogP contribution in [0.3, 0.4) is 0 Å². The van der Waals surface area contributed by atoms with E-state index in [1.165, 1.54) is 37.7 Å². The molecule has 2 aromatic rings. The van der Waals surface area contributed by atoms with E-state index in [0.717, 1.165) is 30.4 Å². The smallest absolute Gasteiger partial charge is 0.393 e. The molecule has 0 bridgehead atoms. The molecule has 5 nitrogen and oxygen atoms in total. The van der Waals surface area contributed by atoms with Crippen molar-refractivity contribution in [2.75, 3.05) is 21.3 Å². The molecular weight excluding hydrogens is 603 g/mol. The molecular formula is C36H49F5N2O3. The number of nitrogens with zero attached hydrogens (tertiary/aromatic N) is 2. The number of hydrogen-bond donors (Lipinski definition) is 1. The molecule has 0 radical (unpaired) electrons. The van der Waals surface area contributed by atoms with Crippen LogP contribution < -0.4 is 0 Å². The summed E-state index contributed by atoms with van der Waals surface area (Å²) in [6.07, 6.45) is 5.52. The molecule has 0 spiro atoms. The van der Waals surface area contributed by atoms with Crippen LogP contribution in [0.4, 0.5) is 22.0 Å². The topological polar surface area (TPSA) is 62.7 Å². The molecule has 1 aromatic carbocycles. The lowest BCUT2D eigenvalue weighted by Gasteiger charge is -2.52. The van der Waals surface area contributed by atoms with E-state index in [2.05, 4.69) is 34.9 Å². The fourth-order valence-electron chi connectivity index (χ4n) is 7.95. The molecule has 1 N–H and O–H groups in total. The highest BCUT2D eigenvalue weighted by Gasteiger charge is 2.56. The van der Waals surface area contributed by atoms with Crippen molar-refractivity contribution in [3.05, 3.63) is 88.3 Å². The van der Waals surface area contributed by atoms with Gasteiger partial charge in [0, 0.05) is 54.5 Å². The highest BCUT2D eigenvalue weighted by atomic mass is 19.4. The number of carbonyl (C=O) groups is 1. The lowest BCUT2D eigenvalue weighted by Crippen LogP contribution is -2.44. The molecule has 0 aliphatic heterocycles. The van der Waals surface area contributed by atoms with Crippen LogP contribution in [-0.2, 0) is 11.3 Å². The first kappa shape index (κ1) is 35.7. The summed E-state index contributed by atoms with van der Waals surface area (Å²) in [6, 6.07) is 12.3. The molecule has 2 unspecified atom stereocenters. The third-order valence-corrected chi connectivity index (χ3v) is 10.0. The number of fused-ring (bicyclic) bond motifs is 4. The van der Waals surface area contributed by atoms with E-state index < -0.39 is 12.6 Å². The number of ether oxygens (including phenoxy) is 1. The number of benzene rings is 1. The van der Waals surface area contributed by atoms with Crippen LogP contribution in [0.2, 0.25) is 0 Å². The Labute approximate surface area is 271 Å². The largest absolute Gasteiger partial charge is 0.450 e. The first-order valence-electron chi connectivity index (χ1n) is 15.9. The maximum Gasteiger partial charge on any atom is 0.450 e. The number of hydrogen-bond acceptors (Lipinski definition) is 4. The lowest BCUT2D eigenvalue weighted by atomic mass is 9.53. The molecule has 4 aliphatic carbocycles. The van der Waals surface area contributed by atoms with E-state index in [1.807, 2.05) is 37.5 Å². The van der Waals surface area contributed by atoms with Gasteiger partial charge in [-0.25, -0.2) is 8.78 Å². The van der Waals surface area contributed by atoms with Gasteiger partial charge in [0.2, 0.25) is 0 Å². The van der Waals surface area contributed by atoms with Crippen LogP contribution in [0.25, 0.3) is 0 Å². The molecule has 2 fully saturated rings. The minimum absolute atomic E-state index is 0. The minimum atomic E-state index is -5.33. The average Bonchev–Trinajstić information content (AvgIpc) is 3.34. The van der Waals surface area contributed by atoms with Crippen molar-refractivity contribution in [2.45, 2.75) is 89.5 Å². The number of aliphatic hydroxyl groups excluding tert-OH is 1. The van der Waals surface area contributed by atoms with Crippen molar-refractivity contribution in [3.8, 4) is 0 Å². The van der Waals surface area contributed by atoms with Gasteiger partial charge < -0.3 is 14.7 Å². The van der Waals surface area contributed by atoms with Gasteiger partial charge >= 0.3 is 12.6 Å². The van der Waals surface area contributed by atoms with Crippen molar-refractivity contribution in [1.82, 2.24) is 9.88 Å². The van der Waals surface area contributed by atoms with Crippen LogP contribution in [0, 0.1) is 17.3 Å². The molecule has 2 saturated carbocycles. The number of allylic oxidation sites excluding steroid dienone is 4. The van der Waals surface area contributed by atoms with E-state index in [4.69, 9.17) is 0 Å². The number of aliphatic hydroxyl groups is 1. The predicted molar refractivity (Wildman–Crippen MR) is 172 cm³/mol.